The highest BCUT2D eigenvalue weighted by molar-refractivity contribution is 5.75. The van der Waals surface area contributed by atoms with Crippen LogP contribution in [-0.2, 0) is 11.3 Å². The molecule has 1 aliphatic heterocycles. The minimum absolute atomic E-state index is 0.0170. The second kappa shape index (κ2) is 7.41. The summed E-state index contributed by atoms with van der Waals surface area (Å²) in [5.41, 5.74) is 1.02. The van der Waals surface area contributed by atoms with E-state index in [9.17, 15) is 9.90 Å². The topological polar surface area (TPSA) is 83.3 Å². The molecule has 1 aromatic rings. The molecule has 1 saturated heterocycles. The smallest absolute Gasteiger partial charge is 0.242 e. The Bertz CT molecular complexity index is 592. The summed E-state index contributed by atoms with van der Waals surface area (Å²) < 4.78 is 1.65. The molecule has 3 fully saturated rings. The van der Waals surface area contributed by atoms with Gasteiger partial charge in [-0.25, -0.2) is 4.68 Å². The van der Waals surface area contributed by atoms with Crippen LogP contribution in [-0.4, -0.2) is 62.2 Å². The molecule has 4 rings (SSSR count). The molecule has 2 N–H and O–H groups in total. The minimum Gasteiger partial charge on any atom is -0.391 e. The van der Waals surface area contributed by atoms with Gasteiger partial charge in [-0.3, -0.25) is 9.69 Å². The Kier molecular flexibility index (Phi) is 5.03. The molecule has 7 heteroatoms. The average molecular weight is 347 g/mol. The lowest BCUT2D eigenvalue weighted by atomic mass is 9.89. The van der Waals surface area contributed by atoms with Gasteiger partial charge in [0.05, 0.1) is 11.8 Å². The molecule has 0 spiro atoms. The zero-order chi connectivity index (χ0) is 17.2. The molecule has 2 saturated carbocycles. The van der Waals surface area contributed by atoms with Crippen LogP contribution in [0.3, 0.4) is 0 Å². The van der Waals surface area contributed by atoms with Gasteiger partial charge in [-0.05, 0) is 38.5 Å². The molecule has 3 aliphatic rings. The first-order valence-corrected chi connectivity index (χ1v) is 9.80. The van der Waals surface area contributed by atoms with E-state index in [1.165, 1.54) is 19.3 Å². The first kappa shape index (κ1) is 17.0. The molecule has 138 valence electrons. The van der Waals surface area contributed by atoms with Crippen LogP contribution in [0.25, 0.3) is 0 Å². The largest absolute Gasteiger partial charge is 0.391 e. The quantitative estimate of drug-likeness (QED) is 0.831. The van der Waals surface area contributed by atoms with Crippen LogP contribution < -0.4 is 5.32 Å². The summed E-state index contributed by atoms with van der Waals surface area (Å²) in [6, 6.07) is 0.553. The van der Waals surface area contributed by atoms with Crippen molar-refractivity contribution in [3.8, 4) is 0 Å². The zero-order valence-corrected chi connectivity index (χ0v) is 14.8. The number of aliphatic hydroxyl groups is 1. The Hall–Kier alpha value is -1.47. The lowest BCUT2D eigenvalue weighted by Gasteiger charge is -2.41. The molecule has 25 heavy (non-hydrogen) atoms. The molecule has 7 nitrogen and oxygen atoms in total. The number of carbonyl (C=O) groups is 1. The molecule has 2 aliphatic carbocycles. The van der Waals surface area contributed by atoms with Gasteiger partial charge in [0.15, 0.2) is 0 Å². The minimum atomic E-state index is -0.173. The number of rotatable bonds is 5. The summed E-state index contributed by atoms with van der Waals surface area (Å²) in [5.74, 6) is 0.583. The van der Waals surface area contributed by atoms with E-state index in [2.05, 4.69) is 20.5 Å². The fourth-order valence-electron chi connectivity index (χ4n) is 4.27. The van der Waals surface area contributed by atoms with Gasteiger partial charge in [0.25, 0.3) is 0 Å². The van der Waals surface area contributed by atoms with Gasteiger partial charge >= 0.3 is 0 Å². The first-order chi connectivity index (χ1) is 12.2. The summed E-state index contributed by atoms with van der Waals surface area (Å²) in [7, 11) is 0. The van der Waals surface area contributed by atoms with Crippen molar-refractivity contribution in [1.29, 1.82) is 0 Å². The summed E-state index contributed by atoms with van der Waals surface area (Å²) >= 11 is 0. The number of likely N-dealkylation sites (tertiary alicyclic amines) is 1. The van der Waals surface area contributed by atoms with E-state index in [0.29, 0.717) is 12.0 Å². The second-order valence-corrected chi connectivity index (χ2v) is 7.91. The molecular formula is C18H29N5O2. The molecule has 1 aromatic heterocycles. The number of nitrogens with one attached hydrogen (secondary N) is 1. The van der Waals surface area contributed by atoms with Crippen molar-refractivity contribution < 1.29 is 9.90 Å². The van der Waals surface area contributed by atoms with Crippen molar-refractivity contribution in [2.75, 3.05) is 13.1 Å². The number of aliphatic hydroxyl groups excluding tert-OH is 1. The van der Waals surface area contributed by atoms with E-state index in [4.69, 9.17) is 0 Å². The highest BCUT2D eigenvalue weighted by atomic mass is 16.3. The summed E-state index contributed by atoms with van der Waals surface area (Å²) in [6.07, 6.45) is 10.4. The van der Waals surface area contributed by atoms with Gasteiger partial charge in [-0.1, -0.05) is 18.1 Å². The van der Waals surface area contributed by atoms with Crippen LogP contribution in [0.4, 0.5) is 0 Å². The number of hydrogen-bond donors (Lipinski definition) is 2. The van der Waals surface area contributed by atoms with E-state index in [0.717, 1.165) is 50.9 Å². The van der Waals surface area contributed by atoms with Gasteiger partial charge in [0.2, 0.25) is 5.91 Å². The third-order valence-electron chi connectivity index (χ3n) is 5.92. The van der Waals surface area contributed by atoms with Crippen molar-refractivity contribution in [1.82, 2.24) is 25.2 Å². The summed E-state index contributed by atoms with van der Waals surface area (Å²) in [5, 5.41) is 21.6. The number of hydrogen-bond acceptors (Lipinski definition) is 5. The summed E-state index contributed by atoms with van der Waals surface area (Å²) in [6.45, 7) is 2.17. The average Bonchev–Trinajstić information content (AvgIpc) is 3.36. The number of aromatic nitrogens is 3. The molecular weight excluding hydrogens is 318 g/mol. The first-order valence-electron chi connectivity index (χ1n) is 9.80. The lowest BCUT2D eigenvalue weighted by molar-refractivity contribution is -0.123. The predicted octanol–water partition coefficient (Wildman–Crippen LogP) is 1.04. The van der Waals surface area contributed by atoms with Crippen LogP contribution in [0.15, 0.2) is 6.20 Å². The maximum Gasteiger partial charge on any atom is 0.242 e. The maximum absolute atomic E-state index is 12.3. The van der Waals surface area contributed by atoms with Gasteiger partial charge in [0, 0.05) is 37.3 Å². The Balaban J connectivity index is 1.21. The van der Waals surface area contributed by atoms with Crippen molar-refractivity contribution in [3.63, 3.8) is 0 Å². The van der Waals surface area contributed by atoms with E-state index < -0.39 is 0 Å². The molecule has 0 radical (unpaired) electrons. The van der Waals surface area contributed by atoms with Gasteiger partial charge < -0.3 is 10.4 Å². The van der Waals surface area contributed by atoms with Crippen molar-refractivity contribution in [2.45, 2.75) is 82.0 Å². The van der Waals surface area contributed by atoms with Crippen molar-refractivity contribution >= 4 is 5.91 Å². The molecule has 1 amide bonds. The van der Waals surface area contributed by atoms with Gasteiger partial charge in [-0.15, -0.1) is 5.10 Å². The third-order valence-corrected chi connectivity index (χ3v) is 5.92. The van der Waals surface area contributed by atoms with E-state index in [1.54, 1.807) is 4.68 Å². The molecule has 2 heterocycles. The van der Waals surface area contributed by atoms with Crippen LogP contribution in [0.1, 0.15) is 63.0 Å². The van der Waals surface area contributed by atoms with E-state index in [-0.39, 0.29) is 24.6 Å². The SMILES string of the molecule is O=C(Cn1cc(C2CC2)nn1)NC1CCN(C2CCCCC2O)CC1. The lowest BCUT2D eigenvalue weighted by Crippen LogP contribution is -2.52. The Morgan fingerprint density at radius 1 is 1.16 bits per heavy atom. The fourth-order valence-corrected chi connectivity index (χ4v) is 4.27. The molecule has 0 bridgehead atoms. The van der Waals surface area contributed by atoms with Crippen molar-refractivity contribution in [3.05, 3.63) is 11.9 Å². The highest BCUT2D eigenvalue weighted by Gasteiger charge is 2.32. The van der Waals surface area contributed by atoms with Crippen LogP contribution in [0, 0.1) is 0 Å². The Labute approximate surface area is 148 Å². The van der Waals surface area contributed by atoms with Gasteiger partial charge in [-0.2, -0.15) is 0 Å². The van der Waals surface area contributed by atoms with E-state index in [1.807, 2.05) is 6.20 Å². The molecule has 2 atom stereocenters. The Morgan fingerprint density at radius 3 is 2.64 bits per heavy atom. The molecule has 0 aromatic carbocycles. The standard InChI is InChI=1S/C18H29N5O2/c24-17-4-2-1-3-16(17)22-9-7-14(8-10-22)19-18(25)12-23-11-15(20-21-23)13-5-6-13/h11,13-14,16-17,24H,1-10,12H2,(H,19,25). The number of carbonyl (C=O) groups excluding carboxylic acids is 1. The monoisotopic (exact) mass is 347 g/mol. The van der Waals surface area contributed by atoms with Gasteiger partial charge in [0.1, 0.15) is 6.54 Å². The van der Waals surface area contributed by atoms with Crippen molar-refractivity contribution in [2.24, 2.45) is 0 Å². The molecule has 2 unspecified atom stereocenters. The maximum atomic E-state index is 12.3. The Morgan fingerprint density at radius 2 is 1.92 bits per heavy atom. The number of nitrogens with zero attached hydrogens (tertiary/aromatic N) is 4. The fraction of sp³-hybridized carbons (Fsp3) is 0.833. The van der Waals surface area contributed by atoms with Crippen LogP contribution in [0.5, 0.6) is 0 Å². The van der Waals surface area contributed by atoms with Crippen LogP contribution in [0.2, 0.25) is 0 Å². The summed E-state index contributed by atoms with van der Waals surface area (Å²) in [4.78, 5) is 14.7. The second-order valence-electron chi connectivity index (χ2n) is 7.91. The predicted molar refractivity (Wildman–Crippen MR) is 93.0 cm³/mol. The van der Waals surface area contributed by atoms with Crippen LogP contribution >= 0.6 is 0 Å². The number of amides is 1. The number of piperidine rings is 1. The third kappa shape index (κ3) is 4.20. The highest BCUT2D eigenvalue weighted by Crippen LogP contribution is 2.38. The zero-order valence-electron chi connectivity index (χ0n) is 14.8. The van der Waals surface area contributed by atoms with E-state index >= 15 is 0 Å². The normalized spacial score (nSPS) is 28.8.